The van der Waals surface area contributed by atoms with Crippen LogP contribution >= 0.6 is 0 Å². The van der Waals surface area contributed by atoms with E-state index in [1.165, 1.54) is 0 Å². The highest BCUT2D eigenvalue weighted by Crippen LogP contribution is 2.19. The number of rotatable bonds is 2. The van der Waals surface area contributed by atoms with E-state index in [0.29, 0.717) is 22.6 Å². The molecule has 0 aliphatic carbocycles. The number of aromatic amines is 2. The lowest BCUT2D eigenvalue weighted by Crippen LogP contribution is -2.13. The zero-order valence-corrected chi connectivity index (χ0v) is 9.27. The molecule has 0 radical (unpaired) electrons. The lowest BCUT2D eigenvalue weighted by molar-refractivity contribution is 0.102. The van der Waals surface area contributed by atoms with Crippen LogP contribution in [0.2, 0.25) is 0 Å². The smallest absolute Gasteiger partial charge is 0.277 e. The number of fused-ring (bicyclic) bond motifs is 1. The summed E-state index contributed by atoms with van der Waals surface area (Å²) in [6.45, 7) is 0. The van der Waals surface area contributed by atoms with Crippen LogP contribution in [0.4, 0.5) is 11.5 Å². The van der Waals surface area contributed by atoms with E-state index in [1.807, 2.05) is 0 Å². The van der Waals surface area contributed by atoms with Gasteiger partial charge in [0.15, 0.2) is 5.69 Å². The van der Waals surface area contributed by atoms with Crippen molar-refractivity contribution in [3.63, 3.8) is 0 Å². The molecule has 2 heterocycles. The first-order valence-corrected chi connectivity index (χ1v) is 5.28. The fraction of sp³-hybridized carbons (Fsp3) is 0. The molecule has 1 amide bonds. The van der Waals surface area contributed by atoms with Crippen LogP contribution in [0.15, 0.2) is 30.5 Å². The van der Waals surface area contributed by atoms with Gasteiger partial charge >= 0.3 is 0 Å². The Hall–Kier alpha value is -2.83. The molecule has 18 heavy (non-hydrogen) atoms. The minimum absolute atomic E-state index is 0.298. The number of amides is 1. The fourth-order valence-corrected chi connectivity index (χ4v) is 1.71. The number of nitrogen functional groups attached to an aromatic ring is 1. The molecule has 2 aromatic heterocycles. The van der Waals surface area contributed by atoms with Gasteiger partial charge in [0.1, 0.15) is 5.82 Å². The van der Waals surface area contributed by atoms with Crippen LogP contribution in [0.3, 0.4) is 0 Å². The SMILES string of the molecule is Nc1ccc2[nH]nc(C(=O)Nc3ccn[nH]3)c2c1. The van der Waals surface area contributed by atoms with E-state index in [9.17, 15) is 4.79 Å². The molecule has 0 atom stereocenters. The predicted octanol–water partition coefficient (Wildman–Crippen LogP) is 1.12. The van der Waals surface area contributed by atoms with Crippen molar-refractivity contribution in [1.82, 2.24) is 20.4 Å². The molecule has 5 N–H and O–H groups in total. The molecule has 3 aromatic rings. The summed E-state index contributed by atoms with van der Waals surface area (Å²) in [7, 11) is 0. The quantitative estimate of drug-likeness (QED) is 0.504. The molecular weight excluding hydrogens is 232 g/mol. The molecule has 0 unspecified atom stereocenters. The number of nitrogens with two attached hydrogens (primary N) is 1. The highest BCUT2D eigenvalue weighted by Gasteiger charge is 2.14. The van der Waals surface area contributed by atoms with Crippen LogP contribution in [0, 0.1) is 0 Å². The van der Waals surface area contributed by atoms with E-state index >= 15 is 0 Å². The molecule has 90 valence electrons. The Labute approximate surface area is 101 Å². The summed E-state index contributed by atoms with van der Waals surface area (Å²) >= 11 is 0. The Balaban J connectivity index is 1.98. The molecule has 0 spiro atoms. The summed E-state index contributed by atoms with van der Waals surface area (Å²) in [6.07, 6.45) is 1.55. The number of carbonyl (C=O) groups is 1. The fourth-order valence-electron chi connectivity index (χ4n) is 1.71. The molecule has 7 heteroatoms. The summed E-state index contributed by atoms with van der Waals surface area (Å²) in [6, 6.07) is 6.89. The number of nitrogens with zero attached hydrogens (tertiary/aromatic N) is 2. The molecule has 1 aromatic carbocycles. The van der Waals surface area contributed by atoms with Gasteiger partial charge in [-0.2, -0.15) is 10.2 Å². The molecule has 0 saturated carbocycles. The second kappa shape index (κ2) is 3.88. The summed E-state index contributed by atoms with van der Waals surface area (Å²) in [5, 5.41) is 16.5. The van der Waals surface area contributed by atoms with Crippen LogP contribution in [0.5, 0.6) is 0 Å². The number of H-pyrrole nitrogens is 2. The molecule has 3 rings (SSSR count). The average Bonchev–Trinajstić information content (AvgIpc) is 2.97. The third-order valence-corrected chi connectivity index (χ3v) is 2.55. The summed E-state index contributed by atoms with van der Waals surface area (Å²) < 4.78 is 0. The minimum Gasteiger partial charge on any atom is -0.399 e. The first-order valence-electron chi connectivity index (χ1n) is 5.28. The van der Waals surface area contributed by atoms with Crippen LogP contribution in [0.1, 0.15) is 10.5 Å². The van der Waals surface area contributed by atoms with Crippen molar-refractivity contribution in [2.45, 2.75) is 0 Å². The molecule has 0 fully saturated rings. The van der Waals surface area contributed by atoms with Gasteiger partial charge in [-0.25, -0.2) is 0 Å². The van der Waals surface area contributed by atoms with E-state index in [0.717, 1.165) is 5.52 Å². The van der Waals surface area contributed by atoms with Crippen molar-refractivity contribution in [2.75, 3.05) is 11.1 Å². The molecule has 7 nitrogen and oxygen atoms in total. The van der Waals surface area contributed by atoms with Gasteiger partial charge in [-0.05, 0) is 18.2 Å². The average molecular weight is 242 g/mol. The molecule has 0 aliphatic heterocycles. The van der Waals surface area contributed by atoms with E-state index in [1.54, 1.807) is 30.5 Å². The van der Waals surface area contributed by atoms with Crippen molar-refractivity contribution < 1.29 is 4.79 Å². The Bertz CT molecular complexity index is 699. The third-order valence-electron chi connectivity index (χ3n) is 2.55. The molecule has 0 bridgehead atoms. The van der Waals surface area contributed by atoms with Gasteiger partial charge in [0.2, 0.25) is 0 Å². The topological polar surface area (TPSA) is 112 Å². The monoisotopic (exact) mass is 242 g/mol. The molecular formula is C11H10N6O. The van der Waals surface area contributed by atoms with E-state index in [-0.39, 0.29) is 5.91 Å². The Morgan fingerprint density at radius 2 is 2.17 bits per heavy atom. The van der Waals surface area contributed by atoms with Gasteiger partial charge < -0.3 is 11.1 Å². The third kappa shape index (κ3) is 1.67. The van der Waals surface area contributed by atoms with Gasteiger partial charge in [0.05, 0.1) is 11.7 Å². The van der Waals surface area contributed by atoms with Crippen LogP contribution in [-0.2, 0) is 0 Å². The van der Waals surface area contributed by atoms with Gasteiger partial charge in [-0.1, -0.05) is 0 Å². The number of benzene rings is 1. The first kappa shape index (κ1) is 10.3. The Morgan fingerprint density at radius 3 is 2.94 bits per heavy atom. The normalized spacial score (nSPS) is 10.7. The lowest BCUT2D eigenvalue weighted by Gasteiger charge is -1.99. The van der Waals surface area contributed by atoms with Gasteiger partial charge in [-0.15, -0.1) is 0 Å². The minimum atomic E-state index is -0.323. The van der Waals surface area contributed by atoms with Crippen LogP contribution in [-0.4, -0.2) is 26.3 Å². The summed E-state index contributed by atoms with van der Waals surface area (Å²) in [5.41, 5.74) is 7.34. The maximum absolute atomic E-state index is 12.0. The van der Waals surface area contributed by atoms with Crippen molar-refractivity contribution in [1.29, 1.82) is 0 Å². The van der Waals surface area contributed by atoms with E-state index < -0.39 is 0 Å². The van der Waals surface area contributed by atoms with Crippen molar-refractivity contribution in [2.24, 2.45) is 0 Å². The highest BCUT2D eigenvalue weighted by molar-refractivity contribution is 6.11. The van der Waals surface area contributed by atoms with Crippen molar-refractivity contribution >= 4 is 28.3 Å². The van der Waals surface area contributed by atoms with Crippen molar-refractivity contribution in [3.8, 4) is 0 Å². The van der Waals surface area contributed by atoms with E-state index in [4.69, 9.17) is 5.73 Å². The maximum Gasteiger partial charge on any atom is 0.277 e. The Kier molecular flexibility index (Phi) is 2.23. The van der Waals surface area contributed by atoms with Gasteiger partial charge in [0, 0.05) is 17.1 Å². The molecule has 0 aliphatic rings. The van der Waals surface area contributed by atoms with Gasteiger partial charge in [0.25, 0.3) is 5.91 Å². The van der Waals surface area contributed by atoms with Crippen molar-refractivity contribution in [3.05, 3.63) is 36.2 Å². The number of carbonyl (C=O) groups excluding carboxylic acids is 1. The summed E-state index contributed by atoms with van der Waals surface area (Å²) in [5.74, 6) is 0.191. The largest absolute Gasteiger partial charge is 0.399 e. The Morgan fingerprint density at radius 1 is 1.28 bits per heavy atom. The zero-order chi connectivity index (χ0) is 12.5. The standard InChI is InChI=1S/C11H10N6O/c12-6-1-2-8-7(5-6)10(17-15-8)11(18)14-9-3-4-13-16-9/h1-5H,12H2,(H,15,17)(H2,13,14,16,18). The first-order chi connectivity index (χ1) is 8.74. The number of hydrogen-bond acceptors (Lipinski definition) is 4. The van der Waals surface area contributed by atoms with Crippen LogP contribution < -0.4 is 11.1 Å². The zero-order valence-electron chi connectivity index (χ0n) is 9.27. The van der Waals surface area contributed by atoms with Crippen LogP contribution in [0.25, 0.3) is 10.9 Å². The van der Waals surface area contributed by atoms with E-state index in [2.05, 4.69) is 25.7 Å². The summed E-state index contributed by atoms with van der Waals surface area (Å²) in [4.78, 5) is 12.0. The number of hydrogen-bond donors (Lipinski definition) is 4. The predicted molar refractivity (Wildman–Crippen MR) is 67.0 cm³/mol. The van der Waals surface area contributed by atoms with Gasteiger partial charge in [-0.3, -0.25) is 15.0 Å². The number of nitrogens with one attached hydrogen (secondary N) is 3. The maximum atomic E-state index is 12.0. The highest BCUT2D eigenvalue weighted by atomic mass is 16.2. The number of anilines is 2. The number of aromatic nitrogens is 4. The lowest BCUT2D eigenvalue weighted by atomic mass is 10.2. The molecule has 0 saturated heterocycles. The second-order valence-corrected chi connectivity index (χ2v) is 3.80. The second-order valence-electron chi connectivity index (χ2n) is 3.80.